The smallest absolute Gasteiger partial charge is 0.236 e. The van der Waals surface area contributed by atoms with Gasteiger partial charge in [-0.2, -0.15) is 0 Å². The van der Waals surface area contributed by atoms with E-state index in [4.69, 9.17) is 11.6 Å². The van der Waals surface area contributed by atoms with E-state index in [1.807, 2.05) is 24.3 Å². The van der Waals surface area contributed by atoms with Gasteiger partial charge in [-0.15, -0.1) is 11.3 Å². The standard InChI is InChI=1S/C16H15ClN2OS/c17-12-5-3-11(4-6-12)16(7-8-16)14(20)19-15-18-13(9-21-15)10-1-2-10/h3-6,9-10H,1-2,7-8H2,(H,18,19,20). The van der Waals surface area contributed by atoms with Crippen molar-refractivity contribution in [1.82, 2.24) is 4.98 Å². The first-order valence-corrected chi connectivity index (χ1v) is 8.46. The van der Waals surface area contributed by atoms with Crippen LogP contribution in [0.2, 0.25) is 5.02 Å². The third kappa shape index (κ3) is 2.47. The summed E-state index contributed by atoms with van der Waals surface area (Å²) < 4.78 is 0. The molecule has 108 valence electrons. The molecule has 0 radical (unpaired) electrons. The van der Waals surface area contributed by atoms with Gasteiger partial charge in [0.1, 0.15) is 0 Å². The van der Waals surface area contributed by atoms with E-state index in [-0.39, 0.29) is 11.3 Å². The van der Waals surface area contributed by atoms with E-state index >= 15 is 0 Å². The normalized spacial score (nSPS) is 19.3. The van der Waals surface area contributed by atoms with Gasteiger partial charge in [-0.05, 0) is 43.4 Å². The minimum atomic E-state index is -0.379. The Morgan fingerprint density at radius 3 is 2.62 bits per heavy atom. The monoisotopic (exact) mass is 318 g/mol. The summed E-state index contributed by atoms with van der Waals surface area (Å²) in [5.74, 6) is 0.680. The van der Waals surface area contributed by atoms with E-state index in [9.17, 15) is 4.79 Å². The number of benzene rings is 1. The summed E-state index contributed by atoms with van der Waals surface area (Å²) in [6.45, 7) is 0. The maximum Gasteiger partial charge on any atom is 0.236 e. The van der Waals surface area contributed by atoms with E-state index in [1.165, 1.54) is 24.2 Å². The molecule has 1 aromatic heterocycles. The molecule has 0 bridgehead atoms. The van der Waals surface area contributed by atoms with Crippen LogP contribution in [0.5, 0.6) is 0 Å². The molecule has 2 fully saturated rings. The number of halogens is 1. The third-order valence-corrected chi connectivity index (χ3v) is 5.35. The quantitative estimate of drug-likeness (QED) is 0.911. The lowest BCUT2D eigenvalue weighted by Gasteiger charge is -2.14. The molecule has 0 atom stereocenters. The lowest BCUT2D eigenvalue weighted by Crippen LogP contribution is -2.27. The van der Waals surface area contributed by atoms with Gasteiger partial charge >= 0.3 is 0 Å². The van der Waals surface area contributed by atoms with Gasteiger partial charge in [-0.3, -0.25) is 4.79 Å². The number of carbonyl (C=O) groups is 1. The second kappa shape index (κ2) is 4.82. The number of thiazole rings is 1. The highest BCUT2D eigenvalue weighted by Gasteiger charge is 2.51. The summed E-state index contributed by atoms with van der Waals surface area (Å²) in [6.07, 6.45) is 4.24. The fourth-order valence-corrected chi connectivity index (χ4v) is 3.58. The van der Waals surface area contributed by atoms with Gasteiger partial charge in [-0.25, -0.2) is 4.98 Å². The molecule has 2 aliphatic rings. The molecule has 1 amide bonds. The van der Waals surface area contributed by atoms with E-state index in [0.717, 1.165) is 29.2 Å². The van der Waals surface area contributed by atoms with Gasteiger partial charge in [0.15, 0.2) is 5.13 Å². The van der Waals surface area contributed by atoms with Crippen LogP contribution in [0.25, 0.3) is 0 Å². The van der Waals surface area contributed by atoms with Gasteiger partial charge in [0.25, 0.3) is 0 Å². The summed E-state index contributed by atoms with van der Waals surface area (Å²) in [4.78, 5) is 17.1. The SMILES string of the molecule is O=C(Nc1nc(C2CC2)cs1)C1(c2ccc(Cl)cc2)CC1. The van der Waals surface area contributed by atoms with Crippen LogP contribution < -0.4 is 5.32 Å². The maximum absolute atomic E-state index is 12.6. The topological polar surface area (TPSA) is 42.0 Å². The van der Waals surface area contributed by atoms with E-state index in [0.29, 0.717) is 10.9 Å². The Labute approximate surface area is 132 Å². The Hall–Kier alpha value is -1.39. The summed E-state index contributed by atoms with van der Waals surface area (Å²) >= 11 is 7.44. The van der Waals surface area contributed by atoms with E-state index in [2.05, 4.69) is 15.7 Å². The Morgan fingerprint density at radius 2 is 2.00 bits per heavy atom. The zero-order chi connectivity index (χ0) is 14.4. The highest BCUT2D eigenvalue weighted by atomic mass is 35.5. The molecule has 4 rings (SSSR count). The molecule has 0 unspecified atom stereocenters. The Bertz CT molecular complexity index is 687. The average molecular weight is 319 g/mol. The van der Waals surface area contributed by atoms with Gasteiger partial charge < -0.3 is 5.32 Å². The molecule has 2 aromatic rings. The summed E-state index contributed by atoms with van der Waals surface area (Å²) in [6, 6.07) is 7.59. The zero-order valence-corrected chi connectivity index (χ0v) is 13.0. The molecule has 21 heavy (non-hydrogen) atoms. The summed E-state index contributed by atoms with van der Waals surface area (Å²) in [7, 11) is 0. The summed E-state index contributed by atoms with van der Waals surface area (Å²) in [5, 5.41) is 6.48. The number of carbonyl (C=O) groups excluding carboxylic acids is 1. The van der Waals surface area contributed by atoms with Crippen molar-refractivity contribution in [2.24, 2.45) is 0 Å². The molecule has 0 aliphatic heterocycles. The van der Waals surface area contributed by atoms with Crippen molar-refractivity contribution in [3.8, 4) is 0 Å². The third-order valence-electron chi connectivity index (χ3n) is 4.32. The number of nitrogens with zero attached hydrogens (tertiary/aromatic N) is 1. The Morgan fingerprint density at radius 1 is 1.29 bits per heavy atom. The molecule has 0 saturated heterocycles. The minimum Gasteiger partial charge on any atom is -0.301 e. The van der Waals surface area contributed by atoms with Crippen LogP contribution >= 0.6 is 22.9 Å². The van der Waals surface area contributed by atoms with Crippen molar-refractivity contribution in [1.29, 1.82) is 0 Å². The first-order valence-electron chi connectivity index (χ1n) is 7.20. The molecule has 1 heterocycles. The van der Waals surface area contributed by atoms with E-state index in [1.54, 1.807) is 0 Å². The van der Waals surface area contributed by atoms with Crippen molar-refractivity contribution in [2.45, 2.75) is 37.0 Å². The molecule has 1 N–H and O–H groups in total. The lowest BCUT2D eigenvalue weighted by molar-refractivity contribution is -0.118. The van der Waals surface area contributed by atoms with Crippen LogP contribution in [0.3, 0.4) is 0 Å². The minimum absolute atomic E-state index is 0.0570. The molecule has 3 nitrogen and oxygen atoms in total. The summed E-state index contributed by atoms with van der Waals surface area (Å²) in [5.41, 5.74) is 1.80. The molecular weight excluding hydrogens is 304 g/mol. The van der Waals surface area contributed by atoms with Crippen LogP contribution in [0, 0.1) is 0 Å². The van der Waals surface area contributed by atoms with Gasteiger partial charge in [0.05, 0.1) is 11.1 Å². The Balaban J connectivity index is 1.52. The second-order valence-electron chi connectivity index (χ2n) is 5.89. The van der Waals surface area contributed by atoms with Crippen molar-refractivity contribution in [2.75, 3.05) is 5.32 Å². The molecule has 2 aliphatic carbocycles. The second-order valence-corrected chi connectivity index (χ2v) is 7.19. The Kier molecular flexibility index (Phi) is 3.05. The molecular formula is C16H15ClN2OS. The maximum atomic E-state index is 12.6. The number of hydrogen-bond donors (Lipinski definition) is 1. The number of nitrogens with one attached hydrogen (secondary N) is 1. The van der Waals surface area contributed by atoms with Crippen molar-refractivity contribution in [3.05, 3.63) is 45.9 Å². The van der Waals surface area contributed by atoms with Crippen LogP contribution in [-0.4, -0.2) is 10.9 Å². The number of anilines is 1. The highest BCUT2D eigenvalue weighted by molar-refractivity contribution is 7.14. The fourth-order valence-electron chi connectivity index (χ4n) is 2.67. The van der Waals surface area contributed by atoms with Gasteiger partial charge in [0, 0.05) is 16.3 Å². The fraction of sp³-hybridized carbons (Fsp3) is 0.375. The van der Waals surface area contributed by atoms with Crippen molar-refractivity contribution >= 4 is 34.0 Å². The first kappa shape index (κ1) is 13.3. The number of hydrogen-bond acceptors (Lipinski definition) is 3. The predicted molar refractivity (Wildman–Crippen MR) is 85.1 cm³/mol. The first-order chi connectivity index (χ1) is 10.2. The molecule has 5 heteroatoms. The van der Waals surface area contributed by atoms with Crippen molar-refractivity contribution < 1.29 is 4.79 Å². The van der Waals surface area contributed by atoms with E-state index < -0.39 is 0 Å². The van der Waals surface area contributed by atoms with Crippen molar-refractivity contribution in [3.63, 3.8) is 0 Å². The average Bonchev–Trinajstić information content (AvgIpc) is 3.39. The predicted octanol–water partition coefficient (Wildman–Crippen LogP) is 4.34. The number of amides is 1. The van der Waals surface area contributed by atoms with Gasteiger partial charge in [0.2, 0.25) is 5.91 Å². The largest absolute Gasteiger partial charge is 0.301 e. The highest BCUT2D eigenvalue weighted by Crippen LogP contribution is 2.49. The van der Waals surface area contributed by atoms with Crippen LogP contribution in [-0.2, 0) is 10.2 Å². The van der Waals surface area contributed by atoms with Crippen LogP contribution in [0.4, 0.5) is 5.13 Å². The van der Waals surface area contributed by atoms with Crippen LogP contribution in [0.15, 0.2) is 29.6 Å². The zero-order valence-electron chi connectivity index (χ0n) is 11.4. The number of rotatable bonds is 4. The van der Waals surface area contributed by atoms with Gasteiger partial charge in [-0.1, -0.05) is 23.7 Å². The lowest BCUT2D eigenvalue weighted by atomic mass is 9.95. The molecule has 0 spiro atoms. The van der Waals surface area contributed by atoms with Crippen LogP contribution in [0.1, 0.15) is 42.9 Å². The molecule has 2 saturated carbocycles. The molecule has 1 aromatic carbocycles. The number of aromatic nitrogens is 1.